The standard InChI is InChI=1S/C5H2BrClF3NS/c6-3-2(1-5(8,9)10)11-4(7)12-3/h1H2. The minimum Gasteiger partial charge on any atom is -0.228 e. The molecule has 0 atom stereocenters. The Morgan fingerprint density at radius 3 is 2.42 bits per heavy atom. The zero-order valence-electron chi connectivity index (χ0n) is 5.45. The fourth-order valence-corrected chi connectivity index (χ4v) is 2.45. The van der Waals surface area contributed by atoms with Gasteiger partial charge in [0, 0.05) is 0 Å². The smallest absolute Gasteiger partial charge is 0.228 e. The number of alkyl halides is 3. The largest absolute Gasteiger partial charge is 0.394 e. The SMILES string of the molecule is FC(F)(F)Cc1nc(Cl)sc1Br. The normalized spacial score (nSPS) is 12.1. The van der Waals surface area contributed by atoms with Crippen molar-refractivity contribution in [3.63, 3.8) is 0 Å². The summed E-state index contributed by atoms with van der Waals surface area (Å²) in [5, 5.41) is 0. The predicted octanol–water partition coefficient (Wildman–Crippen LogP) is 3.66. The highest BCUT2D eigenvalue weighted by Crippen LogP contribution is 2.32. The highest BCUT2D eigenvalue weighted by Gasteiger charge is 2.30. The van der Waals surface area contributed by atoms with Crippen LogP contribution >= 0.6 is 38.9 Å². The van der Waals surface area contributed by atoms with Crippen LogP contribution in [0.4, 0.5) is 13.2 Å². The molecule has 0 aliphatic rings. The Bertz CT molecular complexity index is 285. The number of thiazole rings is 1. The van der Waals surface area contributed by atoms with Gasteiger partial charge in [0.1, 0.15) is 0 Å². The van der Waals surface area contributed by atoms with E-state index in [-0.39, 0.29) is 10.2 Å². The van der Waals surface area contributed by atoms with Crippen LogP contribution in [0.15, 0.2) is 3.79 Å². The first-order valence-corrected chi connectivity index (χ1v) is 4.74. The van der Waals surface area contributed by atoms with Gasteiger partial charge >= 0.3 is 6.18 Å². The van der Waals surface area contributed by atoms with Crippen molar-refractivity contribution in [3.05, 3.63) is 13.9 Å². The molecule has 0 aromatic carbocycles. The molecule has 0 saturated carbocycles. The van der Waals surface area contributed by atoms with Crippen molar-refractivity contribution in [1.82, 2.24) is 4.98 Å². The third-order valence-electron chi connectivity index (χ3n) is 0.991. The average Bonchev–Trinajstić information content (AvgIpc) is 2.06. The zero-order chi connectivity index (χ0) is 9.35. The number of aromatic nitrogens is 1. The quantitative estimate of drug-likeness (QED) is 0.765. The van der Waals surface area contributed by atoms with Gasteiger partial charge in [-0.15, -0.1) is 0 Å². The number of halogens is 5. The molecule has 1 rings (SSSR count). The van der Waals surface area contributed by atoms with E-state index in [1.807, 2.05) is 0 Å². The Morgan fingerprint density at radius 1 is 1.50 bits per heavy atom. The van der Waals surface area contributed by atoms with E-state index in [4.69, 9.17) is 11.6 Å². The summed E-state index contributed by atoms with van der Waals surface area (Å²) in [5.74, 6) is 0. The van der Waals surface area contributed by atoms with E-state index in [2.05, 4.69) is 20.9 Å². The summed E-state index contributed by atoms with van der Waals surface area (Å²) in [6.07, 6.45) is -5.28. The minimum atomic E-state index is -4.24. The molecule has 0 radical (unpaired) electrons. The van der Waals surface area contributed by atoms with Crippen molar-refractivity contribution in [3.8, 4) is 0 Å². The molecule has 1 aromatic heterocycles. The summed E-state index contributed by atoms with van der Waals surface area (Å²) in [4.78, 5) is 3.51. The Hall–Kier alpha value is 0.190. The number of nitrogens with zero attached hydrogens (tertiary/aromatic N) is 1. The Labute approximate surface area is 83.7 Å². The van der Waals surface area contributed by atoms with Crippen LogP contribution in [0, 0.1) is 0 Å². The van der Waals surface area contributed by atoms with E-state index in [1.54, 1.807) is 0 Å². The molecule has 1 heterocycles. The first-order valence-electron chi connectivity index (χ1n) is 2.76. The van der Waals surface area contributed by atoms with Crippen molar-refractivity contribution < 1.29 is 13.2 Å². The van der Waals surface area contributed by atoms with Gasteiger partial charge in [0.05, 0.1) is 15.9 Å². The molecule has 0 aliphatic heterocycles. The molecule has 0 amide bonds. The summed E-state index contributed by atoms with van der Waals surface area (Å²) in [5.41, 5.74) is -0.0579. The fraction of sp³-hybridized carbons (Fsp3) is 0.400. The summed E-state index contributed by atoms with van der Waals surface area (Å²) >= 11 is 9.33. The monoisotopic (exact) mass is 279 g/mol. The van der Waals surface area contributed by atoms with Gasteiger partial charge in [-0.2, -0.15) is 13.2 Å². The minimum absolute atomic E-state index is 0.0579. The number of hydrogen-bond donors (Lipinski definition) is 0. The number of rotatable bonds is 1. The summed E-state index contributed by atoms with van der Waals surface area (Å²) < 4.78 is 35.9. The van der Waals surface area contributed by atoms with Crippen LogP contribution in [-0.4, -0.2) is 11.2 Å². The maximum atomic E-state index is 11.8. The van der Waals surface area contributed by atoms with Crippen molar-refractivity contribution >= 4 is 38.9 Å². The lowest BCUT2D eigenvalue weighted by Gasteiger charge is -2.02. The highest BCUT2D eigenvalue weighted by molar-refractivity contribution is 9.11. The van der Waals surface area contributed by atoms with Gasteiger partial charge in [0.15, 0.2) is 4.47 Å². The van der Waals surface area contributed by atoms with Crippen LogP contribution in [0.3, 0.4) is 0 Å². The van der Waals surface area contributed by atoms with Gasteiger partial charge in [0.2, 0.25) is 0 Å². The van der Waals surface area contributed by atoms with Gasteiger partial charge in [-0.25, -0.2) is 4.98 Å². The molecule has 12 heavy (non-hydrogen) atoms. The maximum absolute atomic E-state index is 11.8. The van der Waals surface area contributed by atoms with Crippen LogP contribution in [0.1, 0.15) is 5.69 Å². The van der Waals surface area contributed by atoms with E-state index in [0.29, 0.717) is 3.79 Å². The van der Waals surface area contributed by atoms with Crippen LogP contribution in [-0.2, 0) is 6.42 Å². The number of hydrogen-bond acceptors (Lipinski definition) is 2. The molecular formula is C5H2BrClF3NS. The van der Waals surface area contributed by atoms with Crippen molar-refractivity contribution in [2.24, 2.45) is 0 Å². The molecule has 0 bridgehead atoms. The Balaban J connectivity index is 2.82. The Morgan fingerprint density at radius 2 is 2.08 bits per heavy atom. The maximum Gasteiger partial charge on any atom is 0.394 e. The van der Waals surface area contributed by atoms with Gasteiger partial charge in [-0.05, 0) is 15.9 Å². The van der Waals surface area contributed by atoms with E-state index in [0.717, 1.165) is 11.3 Å². The zero-order valence-corrected chi connectivity index (χ0v) is 8.61. The fourth-order valence-electron chi connectivity index (χ4n) is 0.605. The predicted molar refractivity (Wildman–Crippen MR) is 44.6 cm³/mol. The second-order valence-electron chi connectivity index (χ2n) is 1.98. The van der Waals surface area contributed by atoms with E-state index in [1.165, 1.54) is 0 Å². The van der Waals surface area contributed by atoms with Gasteiger partial charge < -0.3 is 0 Å². The van der Waals surface area contributed by atoms with E-state index in [9.17, 15) is 13.2 Å². The lowest BCUT2D eigenvalue weighted by molar-refractivity contribution is -0.127. The van der Waals surface area contributed by atoms with Crippen LogP contribution < -0.4 is 0 Å². The Kier molecular flexibility index (Phi) is 3.01. The molecule has 1 nitrogen and oxygen atoms in total. The molecule has 1 aromatic rings. The molecule has 68 valence electrons. The first kappa shape index (κ1) is 10.3. The topological polar surface area (TPSA) is 12.9 Å². The second kappa shape index (κ2) is 3.51. The average molecular weight is 280 g/mol. The summed E-state index contributed by atoms with van der Waals surface area (Å²) in [6, 6.07) is 0. The summed E-state index contributed by atoms with van der Waals surface area (Å²) in [7, 11) is 0. The van der Waals surface area contributed by atoms with Gasteiger partial charge in [-0.3, -0.25) is 0 Å². The van der Waals surface area contributed by atoms with Crippen LogP contribution in [0.2, 0.25) is 4.47 Å². The highest BCUT2D eigenvalue weighted by atomic mass is 79.9. The molecule has 0 aliphatic carbocycles. The molecule has 0 N–H and O–H groups in total. The van der Waals surface area contributed by atoms with Crippen LogP contribution in [0.25, 0.3) is 0 Å². The third-order valence-corrected chi connectivity index (χ3v) is 2.93. The molecule has 0 spiro atoms. The molecule has 7 heteroatoms. The van der Waals surface area contributed by atoms with Crippen molar-refractivity contribution in [2.75, 3.05) is 0 Å². The van der Waals surface area contributed by atoms with E-state index < -0.39 is 12.6 Å². The van der Waals surface area contributed by atoms with Gasteiger partial charge in [-0.1, -0.05) is 22.9 Å². The lowest BCUT2D eigenvalue weighted by Crippen LogP contribution is -2.11. The van der Waals surface area contributed by atoms with Crippen molar-refractivity contribution in [2.45, 2.75) is 12.6 Å². The van der Waals surface area contributed by atoms with Gasteiger partial charge in [0.25, 0.3) is 0 Å². The molecule has 0 saturated heterocycles. The second-order valence-corrected chi connectivity index (χ2v) is 4.88. The van der Waals surface area contributed by atoms with E-state index >= 15 is 0 Å². The summed E-state index contributed by atoms with van der Waals surface area (Å²) in [6.45, 7) is 0. The molecular weight excluding hydrogens is 278 g/mol. The first-order chi connectivity index (χ1) is 5.38. The molecule has 0 unspecified atom stereocenters. The van der Waals surface area contributed by atoms with Crippen molar-refractivity contribution in [1.29, 1.82) is 0 Å². The van der Waals surface area contributed by atoms with Crippen LogP contribution in [0.5, 0.6) is 0 Å². The lowest BCUT2D eigenvalue weighted by atomic mass is 10.3. The third kappa shape index (κ3) is 2.91. The molecule has 0 fully saturated rings.